The predicted octanol–water partition coefficient (Wildman–Crippen LogP) is 3.35. The van der Waals surface area contributed by atoms with Crippen LogP contribution in [-0.2, 0) is 0 Å². The molecule has 0 aliphatic carbocycles. The molecule has 20 heavy (non-hydrogen) atoms. The second-order valence-corrected chi connectivity index (χ2v) is 5.03. The van der Waals surface area contributed by atoms with Crippen molar-refractivity contribution in [3.05, 3.63) is 36.4 Å². The van der Waals surface area contributed by atoms with Crippen LogP contribution in [0.15, 0.2) is 51.1 Å². The Morgan fingerprint density at radius 3 is 3.00 bits per heavy atom. The third-order valence-corrected chi connectivity index (χ3v) is 3.36. The maximum atomic E-state index is 5.72. The minimum Gasteiger partial charge on any atom is -0.478 e. The first kappa shape index (κ1) is 12.8. The fraction of sp³-hybridized carbons (Fsp3) is 0.143. The molecule has 1 aromatic carbocycles. The molecule has 0 saturated heterocycles. The quantitative estimate of drug-likeness (QED) is 0.742. The van der Waals surface area contributed by atoms with Crippen LogP contribution in [0.2, 0.25) is 0 Å². The van der Waals surface area contributed by atoms with Crippen LogP contribution in [0.4, 0.5) is 5.69 Å². The Balaban J connectivity index is 1.87. The van der Waals surface area contributed by atoms with E-state index in [1.807, 2.05) is 31.2 Å². The van der Waals surface area contributed by atoms with Gasteiger partial charge in [-0.05, 0) is 36.9 Å². The molecule has 0 aliphatic rings. The highest BCUT2D eigenvalue weighted by Crippen LogP contribution is 2.30. The molecule has 6 heteroatoms. The van der Waals surface area contributed by atoms with Crippen molar-refractivity contribution < 1.29 is 9.15 Å². The third kappa shape index (κ3) is 2.70. The molecule has 0 saturated carbocycles. The van der Waals surface area contributed by atoms with Crippen molar-refractivity contribution in [2.75, 3.05) is 12.3 Å². The molecule has 0 radical (unpaired) electrons. The summed E-state index contributed by atoms with van der Waals surface area (Å²) in [6, 6.07) is 11.0. The van der Waals surface area contributed by atoms with E-state index in [2.05, 4.69) is 9.97 Å². The number of pyridine rings is 1. The van der Waals surface area contributed by atoms with E-state index in [9.17, 15) is 0 Å². The fourth-order valence-electron chi connectivity index (χ4n) is 1.73. The topological polar surface area (TPSA) is 74.2 Å². The van der Waals surface area contributed by atoms with E-state index >= 15 is 0 Å². The number of nitrogens with two attached hydrogens (primary N) is 1. The van der Waals surface area contributed by atoms with Crippen molar-refractivity contribution in [1.29, 1.82) is 0 Å². The molecular formula is C14H13N3O2S. The number of rotatable bonds is 4. The molecule has 2 aromatic heterocycles. The summed E-state index contributed by atoms with van der Waals surface area (Å²) in [4.78, 5) is 8.75. The summed E-state index contributed by atoms with van der Waals surface area (Å²) in [5.74, 6) is 0.595. The second kappa shape index (κ2) is 5.42. The van der Waals surface area contributed by atoms with E-state index in [0.717, 1.165) is 10.5 Å². The minimum atomic E-state index is 0.534. The zero-order valence-corrected chi connectivity index (χ0v) is 11.7. The standard InChI is InChI=1S/C14H13N3O2S/c1-2-18-12-4-3-5-13(17-12)20-14-16-10-7-6-9(15)8-11(10)19-14/h3-8H,2,15H2,1H3. The van der Waals surface area contributed by atoms with Crippen LogP contribution < -0.4 is 10.5 Å². The summed E-state index contributed by atoms with van der Waals surface area (Å²) in [7, 11) is 0. The maximum Gasteiger partial charge on any atom is 0.263 e. The molecule has 3 rings (SSSR count). The molecule has 2 heterocycles. The van der Waals surface area contributed by atoms with Crippen molar-refractivity contribution >= 4 is 28.5 Å². The van der Waals surface area contributed by atoms with Gasteiger partial charge in [-0.25, -0.2) is 9.97 Å². The number of hydrogen-bond donors (Lipinski definition) is 1. The van der Waals surface area contributed by atoms with E-state index in [4.69, 9.17) is 14.9 Å². The van der Waals surface area contributed by atoms with Gasteiger partial charge in [-0.2, -0.15) is 0 Å². The van der Waals surface area contributed by atoms with Crippen LogP contribution in [0.5, 0.6) is 5.88 Å². The van der Waals surface area contributed by atoms with Gasteiger partial charge < -0.3 is 14.9 Å². The Morgan fingerprint density at radius 2 is 2.15 bits per heavy atom. The number of ether oxygens (including phenoxy) is 1. The molecule has 0 unspecified atom stereocenters. The molecule has 0 fully saturated rings. The Labute approximate surface area is 120 Å². The molecule has 0 spiro atoms. The van der Waals surface area contributed by atoms with Crippen LogP contribution in [-0.4, -0.2) is 16.6 Å². The van der Waals surface area contributed by atoms with Crippen molar-refractivity contribution in [2.45, 2.75) is 17.2 Å². The molecule has 2 N–H and O–H groups in total. The van der Waals surface area contributed by atoms with Crippen molar-refractivity contribution in [3.63, 3.8) is 0 Å². The van der Waals surface area contributed by atoms with Crippen molar-refractivity contribution in [3.8, 4) is 5.88 Å². The first-order chi connectivity index (χ1) is 9.74. The summed E-state index contributed by atoms with van der Waals surface area (Å²) in [5, 5.41) is 1.31. The smallest absolute Gasteiger partial charge is 0.263 e. The van der Waals surface area contributed by atoms with Gasteiger partial charge in [0.1, 0.15) is 10.5 Å². The van der Waals surface area contributed by atoms with Crippen molar-refractivity contribution in [1.82, 2.24) is 9.97 Å². The highest BCUT2D eigenvalue weighted by atomic mass is 32.2. The van der Waals surface area contributed by atoms with E-state index < -0.39 is 0 Å². The molecule has 0 amide bonds. The van der Waals surface area contributed by atoms with Gasteiger partial charge in [-0.3, -0.25) is 0 Å². The second-order valence-electron chi connectivity index (χ2n) is 4.06. The lowest BCUT2D eigenvalue weighted by Crippen LogP contribution is -1.94. The van der Waals surface area contributed by atoms with E-state index in [1.165, 1.54) is 11.8 Å². The van der Waals surface area contributed by atoms with Gasteiger partial charge in [0.15, 0.2) is 5.58 Å². The molecule has 5 nitrogen and oxygen atoms in total. The van der Waals surface area contributed by atoms with Crippen LogP contribution in [0, 0.1) is 0 Å². The average Bonchev–Trinajstić information content (AvgIpc) is 2.81. The summed E-state index contributed by atoms with van der Waals surface area (Å²) < 4.78 is 11.0. The number of nitrogens with zero attached hydrogens (tertiary/aromatic N) is 2. The number of nitrogen functional groups attached to an aromatic ring is 1. The minimum absolute atomic E-state index is 0.534. The highest BCUT2D eigenvalue weighted by Gasteiger charge is 2.09. The zero-order valence-electron chi connectivity index (χ0n) is 10.9. The highest BCUT2D eigenvalue weighted by molar-refractivity contribution is 7.99. The van der Waals surface area contributed by atoms with Crippen molar-refractivity contribution in [2.24, 2.45) is 0 Å². The largest absolute Gasteiger partial charge is 0.478 e. The van der Waals surface area contributed by atoms with Gasteiger partial charge in [0, 0.05) is 17.8 Å². The summed E-state index contributed by atoms with van der Waals surface area (Å²) in [6.07, 6.45) is 0. The van der Waals surface area contributed by atoms with Gasteiger partial charge in [0.25, 0.3) is 5.22 Å². The predicted molar refractivity (Wildman–Crippen MR) is 78.0 cm³/mol. The molecule has 0 atom stereocenters. The fourth-order valence-corrected chi connectivity index (χ4v) is 2.47. The summed E-state index contributed by atoms with van der Waals surface area (Å²) >= 11 is 1.35. The zero-order chi connectivity index (χ0) is 13.9. The lowest BCUT2D eigenvalue weighted by atomic mass is 10.3. The normalized spacial score (nSPS) is 10.8. The number of hydrogen-bond acceptors (Lipinski definition) is 6. The first-order valence-corrected chi connectivity index (χ1v) is 7.00. The molecule has 0 aliphatic heterocycles. The molecule has 3 aromatic rings. The van der Waals surface area contributed by atoms with Gasteiger partial charge in [-0.15, -0.1) is 0 Å². The molecule has 102 valence electrons. The van der Waals surface area contributed by atoms with Crippen LogP contribution in [0.25, 0.3) is 11.1 Å². The Kier molecular flexibility index (Phi) is 3.47. The summed E-state index contributed by atoms with van der Waals surface area (Å²) in [6.45, 7) is 2.51. The van der Waals surface area contributed by atoms with Gasteiger partial charge in [-0.1, -0.05) is 6.07 Å². The van der Waals surface area contributed by atoms with Gasteiger partial charge >= 0.3 is 0 Å². The number of anilines is 1. The lowest BCUT2D eigenvalue weighted by molar-refractivity contribution is 0.324. The first-order valence-electron chi connectivity index (χ1n) is 6.18. The van der Waals surface area contributed by atoms with E-state index in [-0.39, 0.29) is 0 Å². The average molecular weight is 287 g/mol. The van der Waals surface area contributed by atoms with E-state index in [1.54, 1.807) is 12.1 Å². The third-order valence-electron chi connectivity index (χ3n) is 2.57. The molecular weight excluding hydrogens is 274 g/mol. The Morgan fingerprint density at radius 1 is 1.25 bits per heavy atom. The van der Waals surface area contributed by atoms with Crippen LogP contribution in [0.3, 0.4) is 0 Å². The van der Waals surface area contributed by atoms with Gasteiger partial charge in [0.05, 0.1) is 6.61 Å². The Bertz CT molecular complexity index is 742. The van der Waals surface area contributed by atoms with E-state index in [0.29, 0.717) is 29.0 Å². The lowest BCUT2D eigenvalue weighted by Gasteiger charge is -2.02. The SMILES string of the molecule is CCOc1cccc(Sc2nc3ccc(N)cc3o2)n1. The van der Waals surface area contributed by atoms with Crippen LogP contribution in [0.1, 0.15) is 6.92 Å². The molecule has 0 bridgehead atoms. The number of fused-ring (bicyclic) bond motifs is 1. The monoisotopic (exact) mass is 287 g/mol. The van der Waals surface area contributed by atoms with Crippen LogP contribution >= 0.6 is 11.8 Å². The maximum absolute atomic E-state index is 5.72. The Hall–Kier alpha value is -2.21. The number of oxazole rings is 1. The number of benzene rings is 1. The van der Waals surface area contributed by atoms with Gasteiger partial charge in [0.2, 0.25) is 5.88 Å². The summed E-state index contributed by atoms with van der Waals surface area (Å²) in [5.41, 5.74) is 7.82. The number of aromatic nitrogens is 2.